The molecule has 2 heterocycles. The van der Waals surface area contributed by atoms with Gasteiger partial charge in [-0.2, -0.15) is 4.73 Å². The molecule has 154 valence electrons. The molecule has 1 aliphatic heterocycles. The van der Waals surface area contributed by atoms with E-state index in [0.717, 1.165) is 51.1 Å². The molecule has 0 saturated carbocycles. The number of hydrogen-bond acceptors (Lipinski definition) is 4. The highest BCUT2D eigenvalue weighted by molar-refractivity contribution is 5.29. The molecule has 0 bridgehead atoms. The van der Waals surface area contributed by atoms with Crippen LogP contribution in [0.15, 0.2) is 4.79 Å². The maximum Gasteiger partial charge on any atom is 0.188 e. The molecule has 0 radical (unpaired) electrons. The highest BCUT2D eigenvalue weighted by atomic mass is 16.5. The monoisotopic (exact) mass is 378 g/mol. The summed E-state index contributed by atoms with van der Waals surface area (Å²) >= 11 is 0. The summed E-state index contributed by atoms with van der Waals surface area (Å²) in [5, 5.41) is 10.1. The minimum absolute atomic E-state index is 0.107. The van der Waals surface area contributed by atoms with E-state index < -0.39 is 0 Å². The largest absolute Gasteiger partial charge is 0.428 e. The van der Waals surface area contributed by atoms with E-state index in [-0.39, 0.29) is 5.43 Å². The Hall–Kier alpha value is -1.33. The standard InChI is InChI=1S/C22H38N2O3/c1-18-19(2)24(26)20(3)21(22(18)25)12-10-8-6-4-5-7-9-11-13-23-14-16-27-17-15-23/h26H,4-17H2,1-3H3. The van der Waals surface area contributed by atoms with Gasteiger partial charge < -0.3 is 9.94 Å². The fourth-order valence-corrected chi connectivity index (χ4v) is 3.91. The molecule has 1 aromatic heterocycles. The van der Waals surface area contributed by atoms with Gasteiger partial charge in [0.05, 0.1) is 24.6 Å². The van der Waals surface area contributed by atoms with E-state index in [1.54, 1.807) is 13.8 Å². The van der Waals surface area contributed by atoms with Crippen LogP contribution in [-0.4, -0.2) is 47.7 Å². The maximum atomic E-state index is 12.4. The van der Waals surface area contributed by atoms with Crippen molar-refractivity contribution in [3.05, 3.63) is 32.7 Å². The van der Waals surface area contributed by atoms with Crippen LogP contribution in [0.4, 0.5) is 0 Å². The number of aromatic nitrogens is 1. The average molecular weight is 379 g/mol. The minimum atomic E-state index is 0.107. The minimum Gasteiger partial charge on any atom is -0.428 e. The highest BCUT2D eigenvalue weighted by Crippen LogP contribution is 2.14. The first kappa shape index (κ1) is 22.0. The molecule has 1 fully saturated rings. The van der Waals surface area contributed by atoms with Crippen molar-refractivity contribution in [2.75, 3.05) is 32.8 Å². The molecule has 0 amide bonds. The van der Waals surface area contributed by atoms with Crippen LogP contribution in [0.5, 0.6) is 0 Å². The Morgan fingerprint density at radius 2 is 1.41 bits per heavy atom. The van der Waals surface area contributed by atoms with Crippen molar-refractivity contribution in [1.29, 1.82) is 0 Å². The van der Waals surface area contributed by atoms with Crippen molar-refractivity contribution in [3.63, 3.8) is 0 Å². The lowest BCUT2D eigenvalue weighted by atomic mass is 10.0. The van der Waals surface area contributed by atoms with Gasteiger partial charge >= 0.3 is 0 Å². The molecule has 5 heteroatoms. The Balaban J connectivity index is 1.53. The van der Waals surface area contributed by atoms with E-state index in [1.807, 2.05) is 6.92 Å². The summed E-state index contributed by atoms with van der Waals surface area (Å²) in [5.74, 6) is 0. The Kier molecular flexibility index (Phi) is 9.35. The molecule has 0 aromatic carbocycles. The van der Waals surface area contributed by atoms with Crippen LogP contribution in [0.1, 0.15) is 73.9 Å². The zero-order chi connectivity index (χ0) is 19.6. The van der Waals surface area contributed by atoms with Crippen LogP contribution in [0.25, 0.3) is 0 Å². The zero-order valence-electron chi connectivity index (χ0n) is 17.6. The third kappa shape index (κ3) is 6.65. The van der Waals surface area contributed by atoms with Crippen LogP contribution in [0, 0.1) is 20.8 Å². The predicted molar refractivity (Wildman–Crippen MR) is 110 cm³/mol. The van der Waals surface area contributed by atoms with E-state index in [9.17, 15) is 10.0 Å². The molecule has 0 atom stereocenters. The lowest BCUT2D eigenvalue weighted by Gasteiger charge is -2.26. The van der Waals surface area contributed by atoms with Gasteiger partial charge in [-0.05, 0) is 46.6 Å². The van der Waals surface area contributed by atoms with E-state index >= 15 is 0 Å². The molecular formula is C22H38N2O3. The lowest BCUT2D eigenvalue weighted by Crippen LogP contribution is -2.36. The van der Waals surface area contributed by atoms with Gasteiger partial charge in [0.2, 0.25) is 0 Å². The molecule has 1 aromatic rings. The van der Waals surface area contributed by atoms with Gasteiger partial charge in [0.1, 0.15) is 0 Å². The lowest BCUT2D eigenvalue weighted by molar-refractivity contribution is 0.0371. The van der Waals surface area contributed by atoms with Gasteiger partial charge in [-0.15, -0.1) is 0 Å². The second-order valence-corrected chi connectivity index (χ2v) is 7.95. The normalized spacial score (nSPS) is 15.4. The fraction of sp³-hybridized carbons (Fsp3) is 0.773. The summed E-state index contributed by atoms with van der Waals surface area (Å²) in [6.45, 7) is 10.6. The van der Waals surface area contributed by atoms with Gasteiger partial charge in [-0.1, -0.05) is 38.5 Å². The third-order valence-corrected chi connectivity index (χ3v) is 5.98. The van der Waals surface area contributed by atoms with Crippen LogP contribution in [0.3, 0.4) is 0 Å². The van der Waals surface area contributed by atoms with Gasteiger partial charge in [0.25, 0.3) is 0 Å². The molecule has 0 spiro atoms. The van der Waals surface area contributed by atoms with Crippen LogP contribution < -0.4 is 5.43 Å². The summed E-state index contributed by atoms with van der Waals surface area (Å²) in [6, 6.07) is 0. The fourth-order valence-electron chi connectivity index (χ4n) is 3.91. The summed E-state index contributed by atoms with van der Waals surface area (Å²) in [4.78, 5) is 14.9. The maximum absolute atomic E-state index is 12.4. The molecule has 27 heavy (non-hydrogen) atoms. The second kappa shape index (κ2) is 11.5. The van der Waals surface area contributed by atoms with Crippen LogP contribution in [0.2, 0.25) is 0 Å². The Morgan fingerprint density at radius 1 is 0.852 bits per heavy atom. The van der Waals surface area contributed by atoms with Crippen molar-refractivity contribution in [2.45, 2.75) is 78.6 Å². The Morgan fingerprint density at radius 3 is 2.04 bits per heavy atom. The number of nitrogens with zero attached hydrogens (tertiary/aromatic N) is 2. The van der Waals surface area contributed by atoms with Crippen molar-refractivity contribution < 1.29 is 9.94 Å². The number of ether oxygens (including phenoxy) is 1. The molecule has 2 rings (SSSR count). The quantitative estimate of drug-likeness (QED) is 0.467. The van der Waals surface area contributed by atoms with Gasteiger partial charge in [-0.3, -0.25) is 9.69 Å². The summed E-state index contributed by atoms with van der Waals surface area (Å²) < 4.78 is 6.55. The smallest absolute Gasteiger partial charge is 0.188 e. The first-order chi connectivity index (χ1) is 13.0. The third-order valence-electron chi connectivity index (χ3n) is 5.98. The van der Waals surface area contributed by atoms with Crippen molar-refractivity contribution in [1.82, 2.24) is 9.63 Å². The summed E-state index contributed by atoms with van der Waals surface area (Å²) in [7, 11) is 0. The van der Waals surface area contributed by atoms with E-state index in [4.69, 9.17) is 4.74 Å². The molecule has 5 nitrogen and oxygen atoms in total. The van der Waals surface area contributed by atoms with Crippen LogP contribution >= 0.6 is 0 Å². The molecule has 0 unspecified atom stereocenters. The molecule has 1 saturated heterocycles. The number of hydrogen-bond donors (Lipinski definition) is 1. The van der Waals surface area contributed by atoms with E-state index in [1.165, 1.54) is 49.8 Å². The number of rotatable bonds is 11. The highest BCUT2D eigenvalue weighted by Gasteiger charge is 2.13. The number of unbranched alkanes of at least 4 members (excludes halogenated alkanes) is 7. The molecule has 0 aliphatic carbocycles. The molecular weight excluding hydrogens is 340 g/mol. The van der Waals surface area contributed by atoms with Crippen LogP contribution in [-0.2, 0) is 11.2 Å². The first-order valence-corrected chi connectivity index (χ1v) is 10.7. The van der Waals surface area contributed by atoms with Crippen molar-refractivity contribution in [3.8, 4) is 0 Å². The molecule has 1 aliphatic rings. The van der Waals surface area contributed by atoms with E-state index in [0.29, 0.717) is 17.0 Å². The SMILES string of the molecule is Cc1c(C)n(O)c(C)c(CCCCCCCCCCN2CCOCC2)c1=O. The number of morpholine rings is 1. The van der Waals surface area contributed by atoms with Gasteiger partial charge in [0.15, 0.2) is 5.43 Å². The predicted octanol–water partition coefficient (Wildman–Crippen LogP) is 4.01. The van der Waals surface area contributed by atoms with Gasteiger partial charge in [0, 0.05) is 24.2 Å². The topological polar surface area (TPSA) is 54.7 Å². The van der Waals surface area contributed by atoms with Crippen molar-refractivity contribution >= 4 is 0 Å². The van der Waals surface area contributed by atoms with Crippen molar-refractivity contribution in [2.24, 2.45) is 0 Å². The zero-order valence-corrected chi connectivity index (χ0v) is 17.6. The molecule has 1 N–H and O–H groups in total. The Bertz CT molecular complexity index is 633. The van der Waals surface area contributed by atoms with E-state index in [2.05, 4.69) is 4.90 Å². The number of pyridine rings is 1. The summed E-state index contributed by atoms with van der Waals surface area (Å²) in [6.07, 6.45) is 10.8. The first-order valence-electron chi connectivity index (χ1n) is 10.7. The summed E-state index contributed by atoms with van der Waals surface area (Å²) in [5.41, 5.74) is 2.90. The van der Waals surface area contributed by atoms with Gasteiger partial charge in [-0.25, -0.2) is 0 Å². The second-order valence-electron chi connectivity index (χ2n) is 7.95. The average Bonchev–Trinajstić information content (AvgIpc) is 2.69. The Labute approximate surface area is 164 Å².